The Kier molecular flexibility index (Phi) is 22.2. The van der Waals surface area contributed by atoms with Crippen LogP contribution in [0.15, 0.2) is 54.6 Å². The molecule has 0 saturated heterocycles. The van der Waals surface area contributed by atoms with E-state index in [1.807, 2.05) is 30.3 Å². The van der Waals surface area contributed by atoms with Crippen molar-refractivity contribution in [2.75, 3.05) is 0 Å². The number of hydrogen-bond donors (Lipinski definition) is 0. The van der Waals surface area contributed by atoms with Gasteiger partial charge in [0.15, 0.2) is 5.78 Å². The predicted molar refractivity (Wildman–Crippen MR) is 141 cm³/mol. The third-order valence-electron chi connectivity index (χ3n) is 2.54. The van der Waals surface area contributed by atoms with Gasteiger partial charge in [-0.15, -0.1) is 0 Å². The maximum absolute atomic E-state index is 11.4. The van der Waals surface area contributed by atoms with Gasteiger partial charge < -0.3 is 0 Å². The Bertz CT molecular complexity index is 700. The van der Waals surface area contributed by atoms with Gasteiger partial charge in [-0.3, -0.25) is 9.59 Å². The van der Waals surface area contributed by atoms with Crippen molar-refractivity contribution in [1.29, 1.82) is 0 Å². The molecular formula is C18H17AlBr3Cl5O2. The van der Waals surface area contributed by atoms with E-state index in [1.165, 1.54) is 0 Å². The van der Waals surface area contributed by atoms with E-state index >= 15 is 0 Å². The van der Waals surface area contributed by atoms with Crippen LogP contribution in [0.25, 0.3) is 0 Å². The molecule has 0 aromatic heterocycles. The van der Waals surface area contributed by atoms with Crippen LogP contribution < -0.4 is 0 Å². The summed E-state index contributed by atoms with van der Waals surface area (Å²) in [7, 11) is 14.8. The van der Waals surface area contributed by atoms with Crippen molar-refractivity contribution in [3.63, 3.8) is 0 Å². The van der Waals surface area contributed by atoms with Crippen molar-refractivity contribution in [3.05, 3.63) is 70.2 Å². The molecule has 0 N–H and O–H groups in total. The third-order valence-corrected chi connectivity index (χ3v) is 5.17. The Hall–Kier alpha value is 1.20. The minimum absolute atomic E-state index is 0.0116. The van der Waals surface area contributed by atoms with Crippen molar-refractivity contribution < 1.29 is 9.59 Å². The topological polar surface area (TPSA) is 34.1 Å². The second-order valence-corrected chi connectivity index (χ2v) is 15.8. The second-order valence-electron chi connectivity index (χ2n) is 4.95. The van der Waals surface area contributed by atoms with Crippen LogP contribution in [0.4, 0.5) is 0 Å². The molecule has 0 aliphatic heterocycles. The van der Waals surface area contributed by atoms with Crippen molar-refractivity contribution >= 4 is 123 Å². The Morgan fingerprint density at radius 1 is 0.793 bits per heavy atom. The van der Waals surface area contributed by atoms with E-state index in [1.54, 1.807) is 38.1 Å². The van der Waals surface area contributed by atoms with Crippen LogP contribution >= 0.6 is 101 Å². The summed E-state index contributed by atoms with van der Waals surface area (Å²) in [5, 5.41) is 1.44. The molecule has 11 heteroatoms. The molecule has 0 amide bonds. The average Bonchev–Trinajstić information content (AvgIpc) is 2.63. The van der Waals surface area contributed by atoms with Gasteiger partial charge >= 0.3 is 11.4 Å². The molecule has 0 bridgehead atoms. The molecule has 0 radical (unpaired) electrons. The summed E-state index contributed by atoms with van der Waals surface area (Å²) in [5.74, 6) is 0.0756. The molecule has 0 saturated carbocycles. The predicted octanol–water partition coefficient (Wildman–Crippen LogP) is 9.03. The second kappa shape index (κ2) is 19.9. The van der Waals surface area contributed by atoms with Crippen molar-refractivity contribution in [1.82, 2.24) is 0 Å². The van der Waals surface area contributed by atoms with Crippen LogP contribution in [0.1, 0.15) is 24.2 Å². The zero-order valence-corrected chi connectivity index (χ0v) is 25.0. The van der Waals surface area contributed by atoms with Gasteiger partial charge in [0.25, 0.3) is 0 Å². The van der Waals surface area contributed by atoms with Gasteiger partial charge in [0.05, 0.1) is 9.65 Å². The first-order chi connectivity index (χ1) is 13.4. The van der Waals surface area contributed by atoms with E-state index in [2.05, 4.69) is 47.8 Å². The molecule has 29 heavy (non-hydrogen) atoms. The van der Waals surface area contributed by atoms with Crippen molar-refractivity contribution in [2.45, 2.75) is 23.5 Å². The largest absolute Gasteiger partial charge is 0.643 e. The van der Waals surface area contributed by atoms with Crippen molar-refractivity contribution in [2.24, 2.45) is 0 Å². The summed E-state index contributed by atoms with van der Waals surface area (Å²) < 4.78 is -0.0116. The van der Waals surface area contributed by atoms with Crippen LogP contribution in [0, 0.1) is 0 Å². The minimum atomic E-state index is -1.72. The highest BCUT2D eigenvalue weighted by Crippen LogP contribution is 2.13. The molecule has 2 unspecified atom stereocenters. The first kappa shape index (κ1) is 32.4. The molecule has 2 nitrogen and oxygen atoms in total. The van der Waals surface area contributed by atoms with Gasteiger partial charge in [0, 0.05) is 15.6 Å². The molecule has 0 spiro atoms. The highest BCUT2D eigenvalue weighted by atomic mass is 79.9. The van der Waals surface area contributed by atoms with Crippen LogP contribution in [0.2, 0.25) is 10.0 Å². The number of halogens is 8. The smallest absolute Gasteiger partial charge is 0.293 e. The summed E-state index contributed by atoms with van der Waals surface area (Å²) in [6.07, 6.45) is 0. The van der Waals surface area contributed by atoms with E-state index in [0.717, 1.165) is 5.02 Å². The van der Waals surface area contributed by atoms with E-state index in [9.17, 15) is 9.59 Å². The maximum atomic E-state index is 11.4. The van der Waals surface area contributed by atoms with E-state index in [4.69, 9.17) is 53.3 Å². The van der Waals surface area contributed by atoms with Gasteiger partial charge in [-0.2, -0.15) is 0 Å². The van der Waals surface area contributed by atoms with Crippen LogP contribution in [-0.2, 0) is 4.79 Å². The lowest BCUT2D eigenvalue weighted by Crippen LogP contribution is -2.09. The average molecular weight is 709 g/mol. The Morgan fingerprint density at radius 3 is 1.38 bits per heavy atom. The Labute approximate surface area is 224 Å². The fraction of sp³-hybridized carbons (Fsp3) is 0.222. The molecule has 0 heterocycles. The molecule has 2 rings (SSSR count). The standard InChI is InChI=1S/C9H8BrClO.C6H5Cl.C3H4Br2O.Al.3ClH/c1-6(10)9(12)7-2-4-8(11)5-3-7;7-6-4-2-1-3-5-6;1-2(4)3(5)6;;;;/h2-6H,1H3;1-5H;2H,1H3;;3*1H/q;;;+3;;;/p-3. The first-order valence-corrected chi connectivity index (χ1v) is 16.4. The number of carbonyl (C=O) groups is 2. The summed E-state index contributed by atoms with van der Waals surface area (Å²) in [5.41, 5.74) is 0.684. The molecule has 2 aromatic rings. The number of rotatable bonds is 3. The summed E-state index contributed by atoms with van der Waals surface area (Å²) >= 11 is 18.5. The molecule has 0 aliphatic rings. The lowest BCUT2D eigenvalue weighted by Gasteiger charge is -2.01. The van der Waals surface area contributed by atoms with Crippen LogP contribution in [0.5, 0.6) is 0 Å². The lowest BCUT2D eigenvalue weighted by molar-refractivity contribution is -0.109. The zero-order chi connectivity index (χ0) is 23.0. The number of benzene rings is 2. The Balaban J connectivity index is 0. The number of hydrogen-bond acceptors (Lipinski definition) is 2. The van der Waals surface area contributed by atoms with Gasteiger partial charge in [0.2, 0.25) is 4.69 Å². The monoisotopic (exact) mass is 704 g/mol. The van der Waals surface area contributed by atoms with Gasteiger partial charge in [-0.1, -0.05) is 73.3 Å². The molecular weight excluding hydrogens is 692 g/mol. The highest BCUT2D eigenvalue weighted by molar-refractivity contribution is 9.20. The van der Waals surface area contributed by atoms with Gasteiger partial charge in [-0.05, 0) is 66.2 Å². The van der Waals surface area contributed by atoms with Crippen LogP contribution in [0.3, 0.4) is 0 Å². The molecule has 0 aliphatic carbocycles. The quantitative estimate of drug-likeness (QED) is 0.138. The SMILES string of the molecule is CC(Br)C(=O)Br.CC(Br)C(=O)c1ccc(Cl)cc1.Clc1ccccc1.[Cl][Al]([Cl])[Cl]. The van der Waals surface area contributed by atoms with E-state index in [0.29, 0.717) is 10.6 Å². The third kappa shape index (κ3) is 22.2. The summed E-state index contributed by atoms with van der Waals surface area (Å²) in [6.45, 7) is 3.56. The summed E-state index contributed by atoms with van der Waals surface area (Å²) in [6, 6.07) is 16.3. The lowest BCUT2D eigenvalue weighted by atomic mass is 10.1. The van der Waals surface area contributed by atoms with Gasteiger partial charge in [0.1, 0.15) is 0 Å². The molecule has 0 fully saturated rings. The maximum Gasteiger partial charge on any atom is 0.643 e. The highest BCUT2D eigenvalue weighted by Gasteiger charge is 2.10. The van der Waals surface area contributed by atoms with Gasteiger partial charge in [-0.25, -0.2) is 30.1 Å². The molecule has 2 aromatic carbocycles. The van der Waals surface area contributed by atoms with E-state index < -0.39 is 11.4 Å². The van der Waals surface area contributed by atoms with Crippen molar-refractivity contribution in [3.8, 4) is 0 Å². The number of ketones is 1. The minimum Gasteiger partial charge on any atom is -0.293 e. The molecule has 2 atom stereocenters. The fourth-order valence-electron chi connectivity index (χ4n) is 1.26. The first-order valence-electron chi connectivity index (χ1n) is 7.78. The number of alkyl halides is 2. The van der Waals surface area contributed by atoms with E-state index in [-0.39, 0.29) is 20.1 Å². The zero-order valence-electron chi connectivity index (χ0n) is 15.3. The normalized spacial score (nSPS) is 11.1. The number of carbonyl (C=O) groups excluding carboxylic acids is 2. The fourth-order valence-corrected chi connectivity index (χ4v) is 1.79. The summed E-state index contributed by atoms with van der Waals surface area (Å²) in [4.78, 5) is 21.2. The van der Waals surface area contributed by atoms with Crippen LogP contribution in [-0.4, -0.2) is 31.5 Å². The Morgan fingerprint density at radius 2 is 1.14 bits per heavy atom. The molecule has 160 valence electrons. The number of Topliss-reactive ketones (excluding diaryl/α,β-unsaturated/α-hetero) is 1.